The first-order valence-electron chi connectivity index (χ1n) is 7.33. The minimum absolute atomic E-state index is 0.545. The average molecular weight is 280 g/mol. The highest BCUT2D eigenvalue weighted by Gasteiger charge is 2.26. The number of rotatable bonds is 5. The summed E-state index contributed by atoms with van der Waals surface area (Å²) in [7, 11) is 0. The molecule has 1 aliphatic carbocycles. The van der Waals surface area contributed by atoms with Crippen molar-refractivity contribution < 1.29 is 4.74 Å². The molecular formula is C16H22ClNO. The van der Waals surface area contributed by atoms with Crippen LogP contribution in [-0.4, -0.2) is 18.7 Å². The van der Waals surface area contributed by atoms with Crippen molar-refractivity contribution in [2.45, 2.75) is 51.6 Å². The summed E-state index contributed by atoms with van der Waals surface area (Å²) in [5.74, 6) is 1.68. The molecule has 0 bridgehead atoms. The van der Waals surface area contributed by atoms with E-state index >= 15 is 0 Å². The quantitative estimate of drug-likeness (QED) is 0.889. The monoisotopic (exact) mass is 279 g/mol. The summed E-state index contributed by atoms with van der Waals surface area (Å²) in [6.07, 6.45) is 4.70. The molecule has 0 radical (unpaired) electrons. The zero-order valence-electron chi connectivity index (χ0n) is 11.7. The van der Waals surface area contributed by atoms with Gasteiger partial charge in [-0.1, -0.05) is 18.5 Å². The van der Waals surface area contributed by atoms with E-state index < -0.39 is 0 Å². The van der Waals surface area contributed by atoms with E-state index in [-0.39, 0.29) is 0 Å². The molecule has 19 heavy (non-hydrogen) atoms. The summed E-state index contributed by atoms with van der Waals surface area (Å²) in [6, 6.07) is 5.43. The Bertz CT molecular complexity index is 470. The van der Waals surface area contributed by atoms with Crippen LogP contribution in [0.3, 0.4) is 0 Å². The highest BCUT2D eigenvalue weighted by atomic mass is 35.5. The molecule has 2 unspecified atom stereocenters. The van der Waals surface area contributed by atoms with Crippen LogP contribution >= 0.6 is 11.6 Å². The van der Waals surface area contributed by atoms with Crippen molar-refractivity contribution in [2.24, 2.45) is 5.92 Å². The summed E-state index contributed by atoms with van der Waals surface area (Å²) < 4.78 is 5.78. The maximum absolute atomic E-state index is 6.21. The lowest BCUT2D eigenvalue weighted by Gasteiger charge is -2.22. The Morgan fingerprint density at radius 2 is 2.16 bits per heavy atom. The molecule has 1 aromatic carbocycles. The van der Waals surface area contributed by atoms with Crippen molar-refractivity contribution in [2.75, 3.05) is 6.61 Å². The van der Waals surface area contributed by atoms with Gasteiger partial charge in [0.1, 0.15) is 5.75 Å². The van der Waals surface area contributed by atoms with Gasteiger partial charge in [0.2, 0.25) is 0 Å². The Morgan fingerprint density at radius 1 is 1.37 bits per heavy atom. The molecule has 0 aromatic heterocycles. The first-order chi connectivity index (χ1) is 9.13. The van der Waals surface area contributed by atoms with E-state index in [1.807, 2.05) is 6.07 Å². The van der Waals surface area contributed by atoms with Gasteiger partial charge in [-0.25, -0.2) is 0 Å². The number of halogens is 1. The van der Waals surface area contributed by atoms with Crippen LogP contribution in [0.4, 0.5) is 0 Å². The van der Waals surface area contributed by atoms with E-state index in [1.165, 1.54) is 24.0 Å². The molecule has 0 spiro atoms. The summed E-state index contributed by atoms with van der Waals surface area (Å²) in [5.41, 5.74) is 2.55. The van der Waals surface area contributed by atoms with Crippen LogP contribution in [0.2, 0.25) is 5.02 Å². The van der Waals surface area contributed by atoms with Gasteiger partial charge < -0.3 is 10.1 Å². The Hall–Kier alpha value is -0.730. The minimum Gasteiger partial charge on any atom is -0.493 e. The highest BCUT2D eigenvalue weighted by molar-refractivity contribution is 6.30. The number of nitrogens with one attached hydrogen (secondary N) is 1. The maximum atomic E-state index is 6.21. The lowest BCUT2D eigenvalue weighted by atomic mass is 9.93. The standard InChI is InChI=1S/C16H22ClNO/c1-10(11(2)18-15-3-4-15)7-13-9-14(17)8-12-5-6-19-16(12)13/h8-11,15,18H,3-7H2,1-2H3. The molecule has 104 valence electrons. The second-order valence-corrected chi connectivity index (χ2v) is 6.50. The Labute approximate surface area is 120 Å². The first kappa shape index (κ1) is 13.3. The SMILES string of the molecule is CC(Cc1cc(Cl)cc2c1OCC2)C(C)NC1CC1. The largest absolute Gasteiger partial charge is 0.493 e. The van der Waals surface area contributed by atoms with Crippen LogP contribution in [0.15, 0.2) is 12.1 Å². The zero-order chi connectivity index (χ0) is 13.4. The van der Waals surface area contributed by atoms with Crippen molar-refractivity contribution in [3.63, 3.8) is 0 Å². The van der Waals surface area contributed by atoms with Gasteiger partial charge in [0.25, 0.3) is 0 Å². The van der Waals surface area contributed by atoms with Crippen molar-refractivity contribution in [3.05, 3.63) is 28.3 Å². The smallest absolute Gasteiger partial charge is 0.125 e. The van der Waals surface area contributed by atoms with Crippen LogP contribution in [-0.2, 0) is 12.8 Å². The third-order valence-corrected chi connectivity index (χ3v) is 4.51. The second-order valence-electron chi connectivity index (χ2n) is 6.06. The number of fused-ring (bicyclic) bond motifs is 1. The zero-order valence-corrected chi connectivity index (χ0v) is 12.5. The molecule has 1 fully saturated rings. The lowest BCUT2D eigenvalue weighted by Crippen LogP contribution is -2.34. The summed E-state index contributed by atoms with van der Waals surface area (Å²) >= 11 is 6.21. The van der Waals surface area contributed by atoms with Crippen molar-refractivity contribution in [1.82, 2.24) is 5.32 Å². The topological polar surface area (TPSA) is 21.3 Å². The van der Waals surface area contributed by atoms with E-state index in [2.05, 4.69) is 25.2 Å². The molecule has 0 amide bonds. The first-order valence-corrected chi connectivity index (χ1v) is 7.71. The molecule has 2 atom stereocenters. The third-order valence-electron chi connectivity index (χ3n) is 4.30. The number of hydrogen-bond donors (Lipinski definition) is 1. The van der Waals surface area contributed by atoms with Gasteiger partial charge in [0.15, 0.2) is 0 Å². The number of hydrogen-bond acceptors (Lipinski definition) is 2. The molecule has 3 heteroatoms. The third kappa shape index (κ3) is 3.06. The fourth-order valence-electron chi connectivity index (χ4n) is 2.81. The molecule has 0 saturated heterocycles. The van der Waals surface area contributed by atoms with E-state index in [0.29, 0.717) is 12.0 Å². The number of ether oxygens (including phenoxy) is 1. The van der Waals surface area contributed by atoms with E-state index in [1.54, 1.807) is 0 Å². The normalized spacial score (nSPS) is 20.8. The van der Waals surface area contributed by atoms with E-state index in [4.69, 9.17) is 16.3 Å². The van der Waals surface area contributed by atoms with Crippen LogP contribution in [0.5, 0.6) is 5.75 Å². The highest BCUT2D eigenvalue weighted by Crippen LogP contribution is 2.34. The summed E-state index contributed by atoms with van der Waals surface area (Å²) in [6.45, 7) is 5.39. The average Bonchev–Trinajstić information content (AvgIpc) is 3.04. The summed E-state index contributed by atoms with van der Waals surface area (Å²) in [5, 5.41) is 4.52. The minimum atomic E-state index is 0.545. The molecule has 1 N–H and O–H groups in total. The summed E-state index contributed by atoms with van der Waals surface area (Å²) in [4.78, 5) is 0. The Balaban J connectivity index is 1.71. The predicted molar refractivity (Wildman–Crippen MR) is 79.1 cm³/mol. The van der Waals surface area contributed by atoms with Crippen LogP contribution in [0, 0.1) is 5.92 Å². The van der Waals surface area contributed by atoms with Crippen LogP contribution < -0.4 is 10.1 Å². The molecule has 1 heterocycles. The fourth-order valence-corrected chi connectivity index (χ4v) is 3.07. The van der Waals surface area contributed by atoms with Crippen molar-refractivity contribution in [1.29, 1.82) is 0 Å². The molecule has 3 rings (SSSR count). The molecule has 1 saturated carbocycles. The van der Waals surface area contributed by atoms with Gasteiger partial charge in [-0.15, -0.1) is 0 Å². The van der Waals surface area contributed by atoms with Gasteiger partial charge in [-0.2, -0.15) is 0 Å². The molecule has 2 aliphatic rings. The molecule has 1 aliphatic heterocycles. The fraction of sp³-hybridized carbons (Fsp3) is 0.625. The lowest BCUT2D eigenvalue weighted by molar-refractivity contribution is 0.345. The van der Waals surface area contributed by atoms with E-state index in [9.17, 15) is 0 Å². The molecule has 1 aromatic rings. The molecule has 2 nitrogen and oxygen atoms in total. The van der Waals surface area contributed by atoms with Gasteiger partial charge in [0, 0.05) is 23.5 Å². The van der Waals surface area contributed by atoms with Crippen molar-refractivity contribution in [3.8, 4) is 5.75 Å². The maximum Gasteiger partial charge on any atom is 0.125 e. The van der Waals surface area contributed by atoms with Crippen molar-refractivity contribution >= 4 is 11.6 Å². The van der Waals surface area contributed by atoms with Gasteiger partial charge in [-0.05, 0) is 55.4 Å². The van der Waals surface area contributed by atoms with Gasteiger partial charge in [0.05, 0.1) is 6.61 Å². The Kier molecular flexibility index (Phi) is 3.72. The van der Waals surface area contributed by atoms with Gasteiger partial charge >= 0.3 is 0 Å². The van der Waals surface area contributed by atoms with Gasteiger partial charge in [-0.3, -0.25) is 0 Å². The second kappa shape index (κ2) is 5.34. The van der Waals surface area contributed by atoms with Crippen LogP contribution in [0.1, 0.15) is 37.8 Å². The number of benzene rings is 1. The van der Waals surface area contributed by atoms with Crippen LogP contribution in [0.25, 0.3) is 0 Å². The Morgan fingerprint density at radius 3 is 2.89 bits per heavy atom. The van der Waals surface area contributed by atoms with E-state index in [0.717, 1.165) is 36.3 Å². The predicted octanol–water partition coefficient (Wildman–Crippen LogP) is 3.59. The molecular weight excluding hydrogens is 258 g/mol.